The van der Waals surface area contributed by atoms with Crippen LogP contribution in [0.5, 0.6) is 0 Å². The Bertz CT molecular complexity index is 598. The Kier molecular flexibility index (Phi) is 3.99. The number of carbonyl (C=O) groups is 1. The zero-order valence-corrected chi connectivity index (χ0v) is 11.0. The normalized spacial score (nSPS) is 10.1. The summed E-state index contributed by atoms with van der Waals surface area (Å²) in [6, 6.07) is 8.54. The number of benzene rings is 1. The van der Waals surface area contributed by atoms with Crippen LogP contribution >= 0.6 is 11.6 Å². The molecule has 0 atom stereocenters. The third-order valence-corrected chi connectivity index (χ3v) is 2.83. The lowest BCUT2D eigenvalue weighted by Crippen LogP contribution is -2.15. The van der Waals surface area contributed by atoms with Gasteiger partial charge in [0.15, 0.2) is 0 Å². The molecule has 0 aliphatic heterocycles. The van der Waals surface area contributed by atoms with Crippen molar-refractivity contribution in [3.05, 3.63) is 52.7 Å². The molecule has 0 spiro atoms. The highest BCUT2D eigenvalue weighted by Gasteiger charge is 2.10. The molecule has 19 heavy (non-hydrogen) atoms. The molecular formula is C13H13ClN4O. The van der Waals surface area contributed by atoms with E-state index < -0.39 is 0 Å². The molecular weight excluding hydrogens is 264 g/mol. The number of anilines is 2. The molecule has 5 nitrogen and oxygen atoms in total. The molecule has 98 valence electrons. The van der Waals surface area contributed by atoms with Crippen molar-refractivity contribution >= 4 is 29.0 Å². The van der Waals surface area contributed by atoms with Crippen LogP contribution in [0.4, 0.5) is 11.5 Å². The van der Waals surface area contributed by atoms with Gasteiger partial charge in [-0.15, -0.1) is 0 Å². The molecule has 0 unspecified atom stereocenters. The highest BCUT2D eigenvalue weighted by molar-refractivity contribution is 6.30. The largest absolute Gasteiger partial charge is 0.324 e. The molecule has 2 aromatic rings. The maximum Gasteiger partial charge on any atom is 0.257 e. The van der Waals surface area contributed by atoms with E-state index in [0.717, 1.165) is 11.3 Å². The van der Waals surface area contributed by atoms with Crippen LogP contribution in [0.15, 0.2) is 36.5 Å². The summed E-state index contributed by atoms with van der Waals surface area (Å²) >= 11 is 5.73. The van der Waals surface area contributed by atoms with E-state index in [1.165, 1.54) is 6.20 Å². The smallest absolute Gasteiger partial charge is 0.257 e. The minimum Gasteiger partial charge on any atom is -0.324 e. The fraction of sp³-hybridized carbons (Fsp3) is 0.0769. The molecule has 1 amide bonds. The van der Waals surface area contributed by atoms with Crippen molar-refractivity contribution in [3.63, 3.8) is 0 Å². The van der Waals surface area contributed by atoms with E-state index >= 15 is 0 Å². The Morgan fingerprint density at radius 2 is 2.11 bits per heavy atom. The number of rotatable bonds is 3. The SMILES string of the molecule is Cc1cc(NN)ccc1C(=O)Nc1ccc(Cl)cn1. The van der Waals surface area contributed by atoms with Gasteiger partial charge in [-0.1, -0.05) is 11.6 Å². The zero-order chi connectivity index (χ0) is 13.8. The number of halogens is 1. The summed E-state index contributed by atoms with van der Waals surface area (Å²) in [7, 11) is 0. The number of amides is 1. The van der Waals surface area contributed by atoms with E-state index in [1.54, 1.807) is 30.3 Å². The van der Waals surface area contributed by atoms with Crippen LogP contribution in [-0.4, -0.2) is 10.9 Å². The first-order valence-corrected chi connectivity index (χ1v) is 5.98. The molecule has 0 saturated carbocycles. The van der Waals surface area contributed by atoms with Crippen molar-refractivity contribution in [2.24, 2.45) is 5.84 Å². The fourth-order valence-corrected chi connectivity index (χ4v) is 1.75. The summed E-state index contributed by atoms with van der Waals surface area (Å²) < 4.78 is 0. The number of aryl methyl sites for hydroxylation is 1. The van der Waals surface area contributed by atoms with Crippen LogP contribution in [0.1, 0.15) is 15.9 Å². The average Bonchev–Trinajstić information content (AvgIpc) is 2.41. The van der Waals surface area contributed by atoms with Crippen LogP contribution < -0.4 is 16.6 Å². The summed E-state index contributed by atoms with van der Waals surface area (Å²) in [6.07, 6.45) is 1.48. The standard InChI is InChI=1S/C13H13ClN4O/c1-8-6-10(18-15)3-4-11(8)13(19)17-12-5-2-9(14)7-16-12/h2-7,18H,15H2,1H3,(H,16,17,19). The van der Waals surface area contributed by atoms with Crippen molar-refractivity contribution in [3.8, 4) is 0 Å². The quantitative estimate of drug-likeness (QED) is 0.595. The van der Waals surface area contributed by atoms with E-state index in [0.29, 0.717) is 16.4 Å². The summed E-state index contributed by atoms with van der Waals surface area (Å²) in [5, 5.41) is 3.22. The van der Waals surface area contributed by atoms with Crippen molar-refractivity contribution in [2.75, 3.05) is 10.7 Å². The van der Waals surface area contributed by atoms with E-state index in [4.69, 9.17) is 17.4 Å². The summed E-state index contributed by atoms with van der Waals surface area (Å²) in [4.78, 5) is 16.1. The lowest BCUT2D eigenvalue weighted by Gasteiger charge is -2.08. The molecule has 0 bridgehead atoms. The summed E-state index contributed by atoms with van der Waals surface area (Å²) in [5.74, 6) is 5.54. The van der Waals surface area contributed by atoms with Gasteiger partial charge in [0, 0.05) is 17.4 Å². The van der Waals surface area contributed by atoms with Crippen LogP contribution in [0, 0.1) is 6.92 Å². The number of nitrogen functional groups attached to an aromatic ring is 1. The molecule has 4 N–H and O–H groups in total. The Morgan fingerprint density at radius 1 is 1.32 bits per heavy atom. The summed E-state index contributed by atoms with van der Waals surface area (Å²) in [6.45, 7) is 1.84. The number of hydrazine groups is 1. The monoisotopic (exact) mass is 276 g/mol. The second-order valence-electron chi connectivity index (χ2n) is 3.99. The second-order valence-corrected chi connectivity index (χ2v) is 4.43. The third-order valence-electron chi connectivity index (χ3n) is 2.61. The minimum absolute atomic E-state index is 0.226. The van der Waals surface area contributed by atoms with Gasteiger partial charge in [0.25, 0.3) is 5.91 Å². The lowest BCUT2D eigenvalue weighted by atomic mass is 10.1. The molecule has 1 heterocycles. The van der Waals surface area contributed by atoms with E-state index in [2.05, 4.69) is 15.7 Å². The molecule has 1 aromatic carbocycles. The number of nitrogens with zero attached hydrogens (tertiary/aromatic N) is 1. The molecule has 0 saturated heterocycles. The van der Waals surface area contributed by atoms with Crippen molar-refractivity contribution < 1.29 is 4.79 Å². The van der Waals surface area contributed by atoms with Gasteiger partial charge in [0.1, 0.15) is 5.82 Å². The molecule has 0 aliphatic rings. The minimum atomic E-state index is -0.226. The molecule has 6 heteroatoms. The highest BCUT2D eigenvalue weighted by atomic mass is 35.5. The first kappa shape index (κ1) is 13.3. The third kappa shape index (κ3) is 3.21. The van der Waals surface area contributed by atoms with Crippen LogP contribution in [0.25, 0.3) is 0 Å². The zero-order valence-electron chi connectivity index (χ0n) is 10.3. The van der Waals surface area contributed by atoms with E-state index in [9.17, 15) is 4.79 Å². The highest BCUT2D eigenvalue weighted by Crippen LogP contribution is 2.16. The van der Waals surface area contributed by atoms with Crippen molar-refractivity contribution in [2.45, 2.75) is 6.92 Å². The number of carbonyl (C=O) groups excluding carboxylic acids is 1. The van der Waals surface area contributed by atoms with Gasteiger partial charge in [-0.05, 0) is 42.8 Å². The topological polar surface area (TPSA) is 80.0 Å². The first-order valence-electron chi connectivity index (χ1n) is 5.60. The number of nitrogens with two attached hydrogens (primary N) is 1. The van der Waals surface area contributed by atoms with Gasteiger partial charge in [-0.2, -0.15) is 0 Å². The lowest BCUT2D eigenvalue weighted by molar-refractivity contribution is 0.102. The molecule has 2 rings (SSSR count). The number of pyridine rings is 1. The number of nitrogens with one attached hydrogen (secondary N) is 2. The van der Waals surface area contributed by atoms with E-state index in [-0.39, 0.29) is 5.91 Å². The van der Waals surface area contributed by atoms with Gasteiger partial charge in [0.05, 0.1) is 5.02 Å². The van der Waals surface area contributed by atoms with Crippen molar-refractivity contribution in [1.82, 2.24) is 4.98 Å². The predicted octanol–water partition coefficient (Wildman–Crippen LogP) is 2.58. The number of hydrogen-bond acceptors (Lipinski definition) is 4. The Balaban J connectivity index is 2.18. The second kappa shape index (κ2) is 5.69. The Hall–Kier alpha value is -2.11. The maximum absolute atomic E-state index is 12.1. The van der Waals surface area contributed by atoms with Crippen LogP contribution in [-0.2, 0) is 0 Å². The van der Waals surface area contributed by atoms with Crippen LogP contribution in [0.3, 0.4) is 0 Å². The van der Waals surface area contributed by atoms with Crippen molar-refractivity contribution in [1.29, 1.82) is 0 Å². The van der Waals surface area contributed by atoms with Gasteiger partial charge in [0.2, 0.25) is 0 Å². The van der Waals surface area contributed by atoms with Crippen LogP contribution in [0.2, 0.25) is 5.02 Å². The molecule has 0 radical (unpaired) electrons. The fourth-order valence-electron chi connectivity index (χ4n) is 1.64. The molecule has 0 fully saturated rings. The van der Waals surface area contributed by atoms with Gasteiger partial charge < -0.3 is 10.7 Å². The number of aromatic nitrogens is 1. The summed E-state index contributed by atoms with van der Waals surface area (Å²) in [5.41, 5.74) is 4.67. The van der Waals surface area contributed by atoms with Gasteiger partial charge >= 0.3 is 0 Å². The predicted molar refractivity (Wildman–Crippen MR) is 76.2 cm³/mol. The van der Waals surface area contributed by atoms with E-state index in [1.807, 2.05) is 6.92 Å². The Labute approximate surface area is 115 Å². The van der Waals surface area contributed by atoms with Gasteiger partial charge in [-0.3, -0.25) is 10.6 Å². The first-order chi connectivity index (χ1) is 9.10. The molecule has 0 aliphatic carbocycles. The molecule has 1 aromatic heterocycles. The maximum atomic E-state index is 12.1. The average molecular weight is 277 g/mol. The van der Waals surface area contributed by atoms with Gasteiger partial charge in [-0.25, -0.2) is 4.98 Å². The Morgan fingerprint density at radius 3 is 2.68 bits per heavy atom. The number of hydrogen-bond donors (Lipinski definition) is 3.